The van der Waals surface area contributed by atoms with Gasteiger partial charge in [0.2, 0.25) is 0 Å². The van der Waals surface area contributed by atoms with E-state index in [4.69, 9.17) is 10.0 Å². The molecular formula is C10H13BF3N3O2. The molecule has 0 saturated carbocycles. The Kier molecular flexibility index (Phi) is 3.97. The standard InChI is InChI=1S/C10H13BF3N3O2/c12-10(13,14)8-5-7(11(18)19)6-16-9(8)17-3-1-15-2-4-17/h5-6,15,18-19H,1-4H2. The molecule has 9 heteroatoms. The minimum Gasteiger partial charge on any atom is -0.423 e. The molecule has 5 nitrogen and oxygen atoms in total. The van der Waals surface area contributed by atoms with Gasteiger partial charge in [-0.25, -0.2) is 4.98 Å². The molecule has 0 radical (unpaired) electrons. The van der Waals surface area contributed by atoms with E-state index in [-0.39, 0.29) is 11.3 Å². The van der Waals surface area contributed by atoms with Crippen LogP contribution in [0.25, 0.3) is 0 Å². The van der Waals surface area contributed by atoms with Crippen molar-refractivity contribution >= 4 is 18.4 Å². The minimum atomic E-state index is -4.59. The normalized spacial score (nSPS) is 16.6. The highest BCUT2D eigenvalue weighted by Gasteiger charge is 2.37. The molecule has 0 aromatic carbocycles. The van der Waals surface area contributed by atoms with Crippen LogP contribution in [0.4, 0.5) is 19.0 Å². The zero-order chi connectivity index (χ0) is 14.0. The Balaban J connectivity index is 2.41. The molecule has 0 atom stereocenters. The topological polar surface area (TPSA) is 68.6 Å². The Labute approximate surface area is 108 Å². The van der Waals surface area contributed by atoms with Crippen molar-refractivity contribution in [2.24, 2.45) is 0 Å². The molecule has 2 rings (SSSR count). The van der Waals surface area contributed by atoms with E-state index >= 15 is 0 Å². The second kappa shape index (κ2) is 5.36. The van der Waals surface area contributed by atoms with Gasteiger partial charge in [0.05, 0.1) is 5.56 Å². The number of anilines is 1. The van der Waals surface area contributed by atoms with Gasteiger partial charge in [0, 0.05) is 37.8 Å². The van der Waals surface area contributed by atoms with Gasteiger partial charge in [-0.3, -0.25) is 0 Å². The lowest BCUT2D eigenvalue weighted by atomic mass is 9.81. The average Bonchev–Trinajstić information content (AvgIpc) is 2.38. The van der Waals surface area contributed by atoms with Crippen LogP contribution >= 0.6 is 0 Å². The Morgan fingerprint density at radius 3 is 2.42 bits per heavy atom. The van der Waals surface area contributed by atoms with E-state index in [9.17, 15) is 13.2 Å². The lowest BCUT2D eigenvalue weighted by Gasteiger charge is -2.30. The molecule has 0 bridgehead atoms. The number of hydrogen-bond donors (Lipinski definition) is 3. The second-order valence-electron chi connectivity index (χ2n) is 4.25. The molecule has 1 aliphatic rings. The first-order valence-electron chi connectivity index (χ1n) is 5.78. The number of alkyl halides is 3. The van der Waals surface area contributed by atoms with Crippen LogP contribution in [0.15, 0.2) is 12.3 Å². The van der Waals surface area contributed by atoms with Crippen molar-refractivity contribution in [2.45, 2.75) is 6.18 Å². The summed E-state index contributed by atoms with van der Waals surface area (Å²) in [5, 5.41) is 20.9. The van der Waals surface area contributed by atoms with E-state index in [0.717, 1.165) is 12.3 Å². The lowest BCUT2D eigenvalue weighted by molar-refractivity contribution is -0.137. The predicted octanol–water partition coefficient (Wildman–Crippen LogP) is -0.810. The fourth-order valence-electron chi connectivity index (χ4n) is 1.95. The molecule has 0 unspecified atom stereocenters. The van der Waals surface area contributed by atoms with E-state index in [2.05, 4.69) is 10.3 Å². The SMILES string of the molecule is OB(O)c1cnc(N2CCNCC2)c(C(F)(F)F)c1. The smallest absolute Gasteiger partial charge is 0.423 e. The van der Waals surface area contributed by atoms with Crippen LogP contribution in [0.2, 0.25) is 0 Å². The van der Waals surface area contributed by atoms with Gasteiger partial charge in [0.1, 0.15) is 5.82 Å². The van der Waals surface area contributed by atoms with Gasteiger partial charge < -0.3 is 20.3 Å². The second-order valence-corrected chi connectivity index (χ2v) is 4.25. The first-order valence-corrected chi connectivity index (χ1v) is 5.78. The third-order valence-corrected chi connectivity index (χ3v) is 2.91. The third kappa shape index (κ3) is 3.17. The summed E-state index contributed by atoms with van der Waals surface area (Å²) in [7, 11) is -1.97. The molecular weight excluding hydrogens is 262 g/mol. The summed E-state index contributed by atoms with van der Waals surface area (Å²) >= 11 is 0. The zero-order valence-corrected chi connectivity index (χ0v) is 9.98. The first kappa shape index (κ1) is 14.1. The van der Waals surface area contributed by atoms with Crippen molar-refractivity contribution in [3.05, 3.63) is 17.8 Å². The van der Waals surface area contributed by atoms with Crippen molar-refractivity contribution in [3.8, 4) is 0 Å². The van der Waals surface area contributed by atoms with Crippen LogP contribution in [0.3, 0.4) is 0 Å². The summed E-state index contributed by atoms with van der Waals surface area (Å²) in [5.41, 5.74) is -1.22. The van der Waals surface area contributed by atoms with Gasteiger partial charge >= 0.3 is 13.3 Å². The number of rotatable bonds is 2. The van der Waals surface area contributed by atoms with Gasteiger partial charge in [-0.1, -0.05) is 0 Å². The Hall–Kier alpha value is -1.32. The van der Waals surface area contributed by atoms with Crippen molar-refractivity contribution in [3.63, 3.8) is 0 Å². The molecule has 1 saturated heterocycles. The minimum absolute atomic E-state index is 0.168. The number of nitrogens with zero attached hydrogens (tertiary/aromatic N) is 2. The molecule has 1 aromatic rings. The number of aromatic nitrogens is 1. The van der Waals surface area contributed by atoms with Gasteiger partial charge in [-0.15, -0.1) is 0 Å². The number of hydrogen-bond acceptors (Lipinski definition) is 5. The fourth-order valence-corrected chi connectivity index (χ4v) is 1.95. The summed E-state index contributed by atoms with van der Waals surface area (Å²) in [6.07, 6.45) is -3.53. The number of halogens is 3. The molecule has 0 aliphatic carbocycles. The highest BCUT2D eigenvalue weighted by Crippen LogP contribution is 2.34. The molecule has 104 valence electrons. The first-order chi connectivity index (χ1) is 8.89. The summed E-state index contributed by atoms with van der Waals surface area (Å²) < 4.78 is 39.0. The molecule has 1 aromatic heterocycles. The molecule has 0 amide bonds. The van der Waals surface area contributed by atoms with Crippen LogP contribution < -0.4 is 15.7 Å². The van der Waals surface area contributed by atoms with Crippen molar-refractivity contribution in [1.29, 1.82) is 0 Å². The van der Waals surface area contributed by atoms with Gasteiger partial charge in [0.25, 0.3) is 0 Å². The molecule has 2 heterocycles. The average molecular weight is 275 g/mol. The predicted molar refractivity (Wildman–Crippen MR) is 64.1 cm³/mol. The Morgan fingerprint density at radius 1 is 1.26 bits per heavy atom. The Bertz CT molecular complexity index is 450. The monoisotopic (exact) mass is 275 g/mol. The fraction of sp³-hybridized carbons (Fsp3) is 0.500. The number of nitrogens with one attached hydrogen (secondary N) is 1. The lowest BCUT2D eigenvalue weighted by Crippen LogP contribution is -2.45. The van der Waals surface area contributed by atoms with Crippen LogP contribution in [0.5, 0.6) is 0 Å². The highest BCUT2D eigenvalue weighted by molar-refractivity contribution is 6.58. The molecule has 3 N–H and O–H groups in total. The highest BCUT2D eigenvalue weighted by atomic mass is 19.4. The van der Waals surface area contributed by atoms with Crippen molar-refractivity contribution < 1.29 is 23.2 Å². The van der Waals surface area contributed by atoms with E-state index in [0.29, 0.717) is 26.2 Å². The largest absolute Gasteiger partial charge is 0.490 e. The number of pyridine rings is 1. The van der Waals surface area contributed by atoms with E-state index in [1.807, 2.05) is 0 Å². The van der Waals surface area contributed by atoms with E-state index < -0.39 is 18.9 Å². The maximum absolute atomic E-state index is 13.0. The molecule has 19 heavy (non-hydrogen) atoms. The third-order valence-electron chi connectivity index (χ3n) is 2.91. The van der Waals surface area contributed by atoms with Crippen LogP contribution in [0.1, 0.15) is 5.56 Å². The Morgan fingerprint density at radius 2 is 1.89 bits per heavy atom. The summed E-state index contributed by atoms with van der Waals surface area (Å²) in [6, 6.07) is 0.731. The summed E-state index contributed by atoms with van der Waals surface area (Å²) in [4.78, 5) is 5.28. The maximum atomic E-state index is 13.0. The summed E-state index contributed by atoms with van der Waals surface area (Å²) in [6.45, 7) is 2.03. The molecule has 1 fully saturated rings. The van der Waals surface area contributed by atoms with E-state index in [1.165, 1.54) is 4.90 Å². The van der Waals surface area contributed by atoms with Crippen LogP contribution in [-0.4, -0.2) is 48.3 Å². The quantitative estimate of drug-likeness (QED) is 0.616. The van der Waals surface area contributed by atoms with Crippen LogP contribution in [-0.2, 0) is 6.18 Å². The molecule has 1 aliphatic heterocycles. The molecule has 0 spiro atoms. The van der Waals surface area contributed by atoms with Crippen molar-refractivity contribution in [1.82, 2.24) is 10.3 Å². The van der Waals surface area contributed by atoms with Gasteiger partial charge in [0.15, 0.2) is 0 Å². The van der Waals surface area contributed by atoms with Gasteiger partial charge in [-0.05, 0) is 6.07 Å². The van der Waals surface area contributed by atoms with Gasteiger partial charge in [-0.2, -0.15) is 13.2 Å². The number of piperazine rings is 1. The summed E-state index contributed by atoms with van der Waals surface area (Å²) in [5.74, 6) is -0.168. The maximum Gasteiger partial charge on any atom is 0.490 e. The van der Waals surface area contributed by atoms with Crippen molar-refractivity contribution in [2.75, 3.05) is 31.1 Å². The van der Waals surface area contributed by atoms with Crippen LogP contribution in [0, 0.1) is 0 Å². The van der Waals surface area contributed by atoms with E-state index in [1.54, 1.807) is 0 Å². The zero-order valence-electron chi connectivity index (χ0n) is 9.98.